The van der Waals surface area contributed by atoms with Gasteiger partial charge in [0.25, 0.3) is 0 Å². The number of aromatic nitrogens is 4. The molecule has 0 radical (unpaired) electrons. The van der Waals surface area contributed by atoms with Crippen molar-refractivity contribution in [2.75, 3.05) is 14.2 Å². The van der Waals surface area contributed by atoms with E-state index in [2.05, 4.69) is 50.5 Å². The topological polar surface area (TPSA) is 88.2 Å². The highest BCUT2D eigenvalue weighted by atomic mass is 16.5. The summed E-state index contributed by atoms with van der Waals surface area (Å²) >= 11 is 0. The first-order valence-corrected chi connectivity index (χ1v) is 14.2. The van der Waals surface area contributed by atoms with E-state index in [1.165, 1.54) is 22.4 Å². The first-order chi connectivity index (χ1) is 20.2. The molecule has 0 spiro atoms. The molecule has 1 aliphatic rings. The standard InChI is InChI=1S/C33H36N6O2/c1-40-28-15-16-29(41-2)33-32(28)37-30(38-33)22-39(27-10-5-7-25-8-6-18-36-31(25)27)21-24-13-11-23(12-14-24)19-34-20-26-9-3-4-17-35-26/h3-4,6,8-9,11-18,27,34H,5,7,10,19-22H2,1-2H3,(H,37,38). The van der Waals surface area contributed by atoms with Gasteiger partial charge in [-0.15, -0.1) is 0 Å². The van der Waals surface area contributed by atoms with Crippen LogP contribution in [0.15, 0.2) is 79.1 Å². The molecule has 0 bridgehead atoms. The van der Waals surface area contributed by atoms with E-state index >= 15 is 0 Å². The summed E-state index contributed by atoms with van der Waals surface area (Å²) in [5.41, 5.74) is 7.71. The van der Waals surface area contributed by atoms with Crippen LogP contribution in [0.4, 0.5) is 0 Å². The Morgan fingerprint density at radius 2 is 1.66 bits per heavy atom. The molecule has 2 N–H and O–H groups in total. The van der Waals surface area contributed by atoms with Crippen molar-refractivity contribution in [2.45, 2.75) is 51.5 Å². The predicted molar refractivity (Wildman–Crippen MR) is 160 cm³/mol. The molecular weight excluding hydrogens is 512 g/mol. The molecule has 3 aromatic heterocycles. The number of aryl methyl sites for hydroxylation is 1. The van der Waals surface area contributed by atoms with E-state index in [1.807, 2.05) is 48.8 Å². The Balaban J connectivity index is 1.24. The quantitative estimate of drug-likeness (QED) is 0.218. The van der Waals surface area contributed by atoms with Gasteiger partial charge >= 0.3 is 0 Å². The Morgan fingerprint density at radius 3 is 2.46 bits per heavy atom. The third-order valence-electron chi connectivity index (χ3n) is 7.79. The average Bonchev–Trinajstić information content (AvgIpc) is 3.45. The van der Waals surface area contributed by atoms with Crippen LogP contribution in [0, 0.1) is 0 Å². The lowest BCUT2D eigenvalue weighted by Crippen LogP contribution is -2.31. The van der Waals surface area contributed by atoms with Gasteiger partial charge in [-0.2, -0.15) is 0 Å². The summed E-state index contributed by atoms with van der Waals surface area (Å²) in [6.07, 6.45) is 7.02. The molecule has 1 aliphatic carbocycles. The maximum Gasteiger partial charge on any atom is 0.146 e. The van der Waals surface area contributed by atoms with E-state index in [0.717, 1.165) is 72.9 Å². The van der Waals surface area contributed by atoms with E-state index in [-0.39, 0.29) is 6.04 Å². The highest BCUT2D eigenvalue weighted by Crippen LogP contribution is 2.36. The van der Waals surface area contributed by atoms with Gasteiger partial charge in [0.2, 0.25) is 0 Å². The van der Waals surface area contributed by atoms with Crippen molar-refractivity contribution in [2.24, 2.45) is 0 Å². The number of pyridine rings is 2. The fourth-order valence-electron chi connectivity index (χ4n) is 5.75. The Kier molecular flexibility index (Phi) is 8.21. The van der Waals surface area contributed by atoms with Crippen LogP contribution >= 0.6 is 0 Å². The minimum Gasteiger partial charge on any atom is -0.494 e. The molecule has 6 rings (SSSR count). The fourth-order valence-corrected chi connectivity index (χ4v) is 5.75. The number of ether oxygens (including phenoxy) is 2. The average molecular weight is 549 g/mol. The highest BCUT2D eigenvalue weighted by Gasteiger charge is 2.28. The molecule has 41 heavy (non-hydrogen) atoms. The van der Waals surface area contributed by atoms with Crippen molar-refractivity contribution < 1.29 is 9.47 Å². The van der Waals surface area contributed by atoms with Gasteiger partial charge in [0.1, 0.15) is 28.4 Å². The van der Waals surface area contributed by atoms with Crippen LogP contribution < -0.4 is 14.8 Å². The second kappa shape index (κ2) is 12.5. The first kappa shape index (κ1) is 26.9. The third kappa shape index (κ3) is 6.09. The molecule has 8 heteroatoms. The van der Waals surface area contributed by atoms with Crippen LogP contribution in [0.5, 0.6) is 11.5 Å². The van der Waals surface area contributed by atoms with E-state index in [0.29, 0.717) is 6.54 Å². The summed E-state index contributed by atoms with van der Waals surface area (Å²) in [6, 6.07) is 23.2. The van der Waals surface area contributed by atoms with Crippen LogP contribution in [0.25, 0.3) is 11.0 Å². The van der Waals surface area contributed by atoms with E-state index in [9.17, 15) is 0 Å². The molecule has 0 saturated heterocycles. The molecule has 0 fully saturated rings. The molecular formula is C33H36N6O2. The number of H-pyrrole nitrogens is 1. The molecule has 5 aromatic rings. The largest absolute Gasteiger partial charge is 0.494 e. The second-order valence-electron chi connectivity index (χ2n) is 10.5. The molecule has 210 valence electrons. The maximum atomic E-state index is 5.61. The molecule has 8 nitrogen and oxygen atoms in total. The minimum absolute atomic E-state index is 0.205. The minimum atomic E-state index is 0.205. The summed E-state index contributed by atoms with van der Waals surface area (Å²) in [7, 11) is 3.35. The fraction of sp³-hybridized carbons (Fsp3) is 0.303. The maximum absolute atomic E-state index is 5.61. The summed E-state index contributed by atoms with van der Waals surface area (Å²) in [4.78, 5) is 20.2. The molecule has 2 aromatic carbocycles. The lowest BCUT2D eigenvalue weighted by Gasteiger charge is -2.34. The Hall–Kier alpha value is -4.27. The van der Waals surface area contributed by atoms with E-state index in [1.54, 1.807) is 14.2 Å². The van der Waals surface area contributed by atoms with E-state index < -0.39 is 0 Å². The summed E-state index contributed by atoms with van der Waals surface area (Å²) in [6.45, 7) is 2.98. The van der Waals surface area contributed by atoms with Crippen LogP contribution in [0.2, 0.25) is 0 Å². The highest BCUT2D eigenvalue weighted by molar-refractivity contribution is 5.87. The zero-order valence-corrected chi connectivity index (χ0v) is 23.6. The number of methoxy groups -OCH3 is 2. The molecule has 0 aliphatic heterocycles. The number of hydrogen-bond acceptors (Lipinski definition) is 7. The van der Waals surface area contributed by atoms with Gasteiger partial charge in [-0.1, -0.05) is 36.4 Å². The van der Waals surface area contributed by atoms with Gasteiger partial charge in [0.05, 0.1) is 38.2 Å². The molecule has 0 amide bonds. The van der Waals surface area contributed by atoms with Gasteiger partial charge in [-0.3, -0.25) is 14.9 Å². The van der Waals surface area contributed by atoms with Crippen LogP contribution in [0.3, 0.4) is 0 Å². The normalized spacial score (nSPS) is 14.8. The van der Waals surface area contributed by atoms with Crippen molar-refractivity contribution >= 4 is 11.0 Å². The lowest BCUT2D eigenvalue weighted by molar-refractivity contribution is 0.153. The lowest BCUT2D eigenvalue weighted by atomic mass is 9.90. The van der Waals surface area contributed by atoms with Gasteiger partial charge in [0, 0.05) is 32.0 Å². The number of nitrogens with zero attached hydrogens (tertiary/aromatic N) is 4. The van der Waals surface area contributed by atoms with Gasteiger partial charge < -0.3 is 19.8 Å². The number of rotatable bonds is 11. The number of imidazole rings is 1. The summed E-state index contributed by atoms with van der Waals surface area (Å²) in [5, 5.41) is 3.49. The number of nitrogens with one attached hydrogen (secondary N) is 2. The van der Waals surface area contributed by atoms with Crippen molar-refractivity contribution in [3.05, 3.63) is 113 Å². The Morgan fingerprint density at radius 1 is 0.854 bits per heavy atom. The van der Waals surface area contributed by atoms with E-state index in [4.69, 9.17) is 19.4 Å². The van der Waals surface area contributed by atoms with Crippen molar-refractivity contribution in [1.82, 2.24) is 30.2 Å². The zero-order valence-electron chi connectivity index (χ0n) is 23.6. The molecule has 1 atom stereocenters. The van der Waals surface area contributed by atoms with Crippen molar-refractivity contribution in [1.29, 1.82) is 0 Å². The number of fused-ring (bicyclic) bond motifs is 2. The van der Waals surface area contributed by atoms with Gasteiger partial charge in [0.15, 0.2) is 0 Å². The Bertz CT molecular complexity index is 1540. The number of benzene rings is 2. The summed E-state index contributed by atoms with van der Waals surface area (Å²) in [5.74, 6) is 2.36. The SMILES string of the molecule is COc1ccc(OC)c2[nH]c(CN(Cc3ccc(CNCc4ccccn4)cc3)C3CCCc4cccnc43)nc12. The second-order valence-corrected chi connectivity index (χ2v) is 10.5. The zero-order chi connectivity index (χ0) is 28.0. The monoisotopic (exact) mass is 548 g/mol. The van der Waals surface area contributed by atoms with Gasteiger partial charge in [-0.05, 0) is 66.3 Å². The Labute approximate surface area is 240 Å². The molecule has 0 saturated carbocycles. The molecule has 3 heterocycles. The first-order valence-electron chi connectivity index (χ1n) is 14.2. The van der Waals surface area contributed by atoms with Gasteiger partial charge in [-0.25, -0.2) is 4.98 Å². The van der Waals surface area contributed by atoms with Crippen molar-refractivity contribution in [3.63, 3.8) is 0 Å². The smallest absolute Gasteiger partial charge is 0.146 e. The predicted octanol–water partition coefficient (Wildman–Crippen LogP) is 5.74. The van der Waals surface area contributed by atoms with Crippen LogP contribution in [0.1, 0.15) is 52.8 Å². The van der Waals surface area contributed by atoms with Crippen LogP contribution in [-0.4, -0.2) is 39.1 Å². The number of hydrogen-bond donors (Lipinski definition) is 2. The summed E-state index contributed by atoms with van der Waals surface area (Å²) < 4.78 is 11.2. The van der Waals surface area contributed by atoms with Crippen molar-refractivity contribution in [3.8, 4) is 11.5 Å². The third-order valence-corrected chi connectivity index (χ3v) is 7.79. The van der Waals surface area contributed by atoms with Crippen LogP contribution in [-0.2, 0) is 32.6 Å². The molecule has 1 unspecified atom stereocenters. The number of aromatic amines is 1.